The van der Waals surface area contributed by atoms with Crippen LogP contribution < -0.4 is 0 Å². The lowest BCUT2D eigenvalue weighted by atomic mass is 10.1. The zero-order valence-corrected chi connectivity index (χ0v) is 11.4. The Morgan fingerprint density at radius 1 is 1.59 bits per heavy atom. The molecule has 1 unspecified atom stereocenters. The maximum atomic E-state index is 11.7. The highest BCUT2D eigenvalue weighted by molar-refractivity contribution is 8.13. The van der Waals surface area contributed by atoms with Crippen molar-refractivity contribution < 1.29 is 14.3 Å². The monoisotopic (exact) mass is 259 g/mol. The van der Waals surface area contributed by atoms with Crippen molar-refractivity contribution in [2.45, 2.75) is 26.7 Å². The second-order valence-corrected chi connectivity index (χ2v) is 5.46. The van der Waals surface area contributed by atoms with Gasteiger partial charge in [0, 0.05) is 45.4 Å². The van der Waals surface area contributed by atoms with Crippen LogP contribution in [-0.2, 0) is 14.3 Å². The summed E-state index contributed by atoms with van der Waals surface area (Å²) in [6, 6.07) is 0. The summed E-state index contributed by atoms with van der Waals surface area (Å²) in [5.74, 6) is 1.32. The van der Waals surface area contributed by atoms with Gasteiger partial charge in [-0.2, -0.15) is 0 Å². The molecule has 0 aliphatic carbocycles. The standard InChI is InChI=1S/C12H21NO3S/c1-3-16-6-4-5-13-8-11(7-12(13)15)9-17-10(2)14/h11H,3-9H2,1-2H3. The average Bonchev–Trinajstić information content (AvgIpc) is 2.63. The molecule has 0 N–H and O–H groups in total. The van der Waals surface area contributed by atoms with Gasteiger partial charge in [-0.05, 0) is 19.3 Å². The van der Waals surface area contributed by atoms with Gasteiger partial charge < -0.3 is 9.64 Å². The van der Waals surface area contributed by atoms with Crippen molar-refractivity contribution in [3.05, 3.63) is 0 Å². The number of rotatable bonds is 7. The number of likely N-dealkylation sites (tertiary alicyclic amines) is 1. The molecule has 1 heterocycles. The van der Waals surface area contributed by atoms with Crippen LogP contribution >= 0.6 is 11.8 Å². The molecule has 1 atom stereocenters. The molecule has 1 rings (SSSR count). The number of carbonyl (C=O) groups excluding carboxylic acids is 2. The molecule has 1 amide bonds. The summed E-state index contributed by atoms with van der Waals surface area (Å²) in [5, 5.41) is 0.132. The molecule has 0 radical (unpaired) electrons. The largest absolute Gasteiger partial charge is 0.382 e. The minimum atomic E-state index is 0.132. The summed E-state index contributed by atoms with van der Waals surface area (Å²) >= 11 is 1.32. The van der Waals surface area contributed by atoms with Crippen LogP contribution in [0.4, 0.5) is 0 Å². The third-order valence-corrected chi connectivity index (χ3v) is 3.78. The van der Waals surface area contributed by atoms with E-state index in [-0.39, 0.29) is 11.0 Å². The zero-order valence-electron chi connectivity index (χ0n) is 10.6. The molecule has 17 heavy (non-hydrogen) atoms. The molecule has 0 spiro atoms. The van der Waals surface area contributed by atoms with Gasteiger partial charge in [0.25, 0.3) is 0 Å². The molecule has 0 aromatic heterocycles. The Balaban J connectivity index is 2.19. The van der Waals surface area contributed by atoms with Gasteiger partial charge in [-0.25, -0.2) is 0 Å². The topological polar surface area (TPSA) is 46.6 Å². The minimum absolute atomic E-state index is 0.132. The first-order valence-corrected chi connectivity index (χ1v) is 7.11. The Morgan fingerprint density at radius 3 is 3.00 bits per heavy atom. The second-order valence-electron chi connectivity index (χ2n) is 4.26. The Labute approximate surface area is 107 Å². The summed E-state index contributed by atoms with van der Waals surface area (Å²) in [4.78, 5) is 24.4. The van der Waals surface area contributed by atoms with Crippen molar-refractivity contribution in [3.63, 3.8) is 0 Å². The third kappa shape index (κ3) is 5.55. The van der Waals surface area contributed by atoms with Gasteiger partial charge in [0.05, 0.1) is 0 Å². The van der Waals surface area contributed by atoms with Gasteiger partial charge in [-0.15, -0.1) is 0 Å². The summed E-state index contributed by atoms with van der Waals surface area (Å²) < 4.78 is 5.25. The lowest BCUT2D eigenvalue weighted by Crippen LogP contribution is -2.27. The lowest BCUT2D eigenvalue weighted by Gasteiger charge is -2.16. The number of hydrogen-bond acceptors (Lipinski definition) is 4. The molecular weight excluding hydrogens is 238 g/mol. The number of amides is 1. The smallest absolute Gasteiger partial charge is 0.222 e. The van der Waals surface area contributed by atoms with Gasteiger partial charge >= 0.3 is 0 Å². The number of nitrogens with zero attached hydrogens (tertiary/aromatic N) is 1. The molecule has 4 nitrogen and oxygen atoms in total. The van der Waals surface area contributed by atoms with E-state index in [1.807, 2.05) is 11.8 Å². The van der Waals surface area contributed by atoms with Crippen LogP contribution in [0.2, 0.25) is 0 Å². The van der Waals surface area contributed by atoms with Crippen LogP contribution in [0.3, 0.4) is 0 Å². The van der Waals surface area contributed by atoms with Gasteiger partial charge in [-0.1, -0.05) is 11.8 Å². The summed E-state index contributed by atoms with van der Waals surface area (Å²) in [6.45, 7) is 6.56. The maximum Gasteiger partial charge on any atom is 0.222 e. The van der Waals surface area contributed by atoms with E-state index in [2.05, 4.69) is 0 Å². The van der Waals surface area contributed by atoms with Crippen LogP contribution in [0, 0.1) is 5.92 Å². The molecule has 0 saturated carbocycles. The lowest BCUT2D eigenvalue weighted by molar-refractivity contribution is -0.127. The number of ether oxygens (including phenoxy) is 1. The van der Waals surface area contributed by atoms with Crippen molar-refractivity contribution in [3.8, 4) is 0 Å². The van der Waals surface area contributed by atoms with Gasteiger partial charge in [0.1, 0.15) is 0 Å². The predicted octanol–water partition coefficient (Wildman–Crippen LogP) is 1.54. The van der Waals surface area contributed by atoms with E-state index in [1.165, 1.54) is 11.8 Å². The first-order valence-electron chi connectivity index (χ1n) is 6.12. The Morgan fingerprint density at radius 2 is 2.35 bits per heavy atom. The number of carbonyl (C=O) groups is 2. The van der Waals surface area contributed by atoms with Gasteiger partial charge in [0.15, 0.2) is 5.12 Å². The van der Waals surface area contributed by atoms with E-state index in [0.29, 0.717) is 18.9 Å². The quantitative estimate of drug-likeness (QED) is 0.651. The predicted molar refractivity (Wildman–Crippen MR) is 68.9 cm³/mol. The van der Waals surface area contributed by atoms with Crippen molar-refractivity contribution in [2.75, 3.05) is 32.1 Å². The van der Waals surface area contributed by atoms with Crippen LogP contribution in [0.15, 0.2) is 0 Å². The third-order valence-electron chi connectivity index (χ3n) is 2.74. The fourth-order valence-corrected chi connectivity index (χ4v) is 2.61. The first kappa shape index (κ1) is 14.5. The van der Waals surface area contributed by atoms with E-state index in [0.717, 1.165) is 31.9 Å². The van der Waals surface area contributed by atoms with Gasteiger partial charge in [-0.3, -0.25) is 9.59 Å². The van der Waals surface area contributed by atoms with Crippen molar-refractivity contribution in [1.29, 1.82) is 0 Å². The Bertz CT molecular complexity index is 270. The van der Waals surface area contributed by atoms with Crippen LogP contribution in [0.1, 0.15) is 26.7 Å². The summed E-state index contributed by atoms with van der Waals surface area (Å²) in [5.41, 5.74) is 0. The first-order chi connectivity index (χ1) is 8.13. The molecule has 0 aromatic carbocycles. The van der Waals surface area contributed by atoms with Crippen LogP contribution in [-0.4, -0.2) is 48.0 Å². The van der Waals surface area contributed by atoms with E-state index in [1.54, 1.807) is 6.92 Å². The number of thioether (sulfide) groups is 1. The molecule has 1 aliphatic heterocycles. The summed E-state index contributed by atoms with van der Waals surface area (Å²) in [7, 11) is 0. The van der Waals surface area contributed by atoms with Crippen molar-refractivity contribution in [1.82, 2.24) is 4.90 Å². The highest BCUT2D eigenvalue weighted by Gasteiger charge is 2.29. The van der Waals surface area contributed by atoms with E-state index in [4.69, 9.17) is 4.74 Å². The van der Waals surface area contributed by atoms with E-state index in [9.17, 15) is 9.59 Å². The van der Waals surface area contributed by atoms with Crippen LogP contribution in [0.25, 0.3) is 0 Å². The molecular formula is C12H21NO3S. The molecule has 1 aliphatic rings. The van der Waals surface area contributed by atoms with Gasteiger partial charge in [0.2, 0.25) is 5.91 Å². The van der Waals surface area contributed by atoms with Crippen molar-refractivity contribution >= 4 is 22.8 Å². The molecule has 1 saturated heterocycles. The highest BCUT2D eigenvalue weighted by Crippen LogP contribution is 2.22. The highest BCUT2D eigenvalue weighted by atomic mass is 32.2. The molecule has 5 heteroatoms. The minimum Gasteiger partial charge on any atom is -0.382 e. The SMILES string of the molecule is CCOCCCN1CC(CSC(C)=O)CC1=O. The van der Waals surface area contributed by atoms with E-state index < -0.39 is 0 Å². The maximum absolute atomic E-state index is 11.7. The fourth-order valence-electron chi connectivity index (χ4n) is 1.92. The number of hydrogen-bond donors (Lipinski definition) is 0. The Hall–Kier alpha value is -0.550. The molecule has 0 aromatic rings. The molecule has 98 valence electrons. The Kier molecular flexibility index (Phi) is 6.58. The second kappa shape index (κ2) is 7.71. The van der Waals surface area contributed by atoms with Crippen molar-refractivity contribution in [2.24, 2.45) is 5.92 Å². The zero-order chi connectivity index (χ0) is 12.7. The van der Waals surface area contributed by atoms with Crippen LogP contribution in [0.5, 0.6) is 0 Å². The molecule has 0 bridgehead atoms. The van der Waals surface area contributed by atoms with E-state index >= 15 is 0 Å². The normalized spacial score (nSPS) is 20.0. The summed E-state index contributed by atoms with van der Waals surface area (Å²) in [6.07, 6.45) is 1.49. The average molecular weight is 259 g/mol. The fraction of sp³-hybridized carbons (Fsp3) is 0.833. The molecule has 1 fully saturated rings.